The summed E-state index contributed by atoms with van der Waals surface area (Å²) in [5.74, 6) is 0.684. The molecule has 0 aliphatic rings. The van der Waals surface area contributed by atoms with Crippen LogP contribution in [0.2, 0.25) is 0 Å². The molecule has 0 aliphatic carbocycles. The predicted molar refractivity (Wildman–Crippen MR) is 95.8 cm³/mol. The van der Waals surface area contributed by atoms with E-state index in [2.05, 4.69) is 62.4 Å². The summed E-state index contributed by atoms with van der Waals surface area (Å²) in [6, 6.07) is 6.89. The Bertz CT molecular complexity index is 637. The third-order valence-electron chi connectivity index (χ3n) is 4.02. The second-order valence-corrected chi connectivity index (χ2v) is 6.69. The highest BCUT2D eigenvalue weighted by Crippen LogP contribution is 2.17. The molecule has 1 aromatic carbocycles. The Labute approximate surface area is 134 Å². The van der Waals surface area contributed by atoms with Gasteiger partial charge in [-0.15, -0.1) is 0 Å². The van der Waals surface area contributed by atoms with Gasteiger partial charge in [0, 0.05) is 18.3 Å². The lowest BCUT2D eigenvalue weighted by molar-refractivity contribution is 0.522. The van der Waals surface area contributed by atoms with Gasteiger partial charge in [-0.25, -0.2) is 4.98 Å². The molecule has 0 saturated carbocycles. The van der Waals surface area contributed by atoms with Crippen LogP contribution >= 0.6 is 0 Å². The molecule has 2 aromatic rings. The first-order valence-corrected chi connectivity index (χ1v) is 8.51. The van der Waals surface area contributed by atoms with Crippen molar-refractivity contribution in [2.75, 3.05) is 0 Å². The van der Waals surface area contributed by atoms with Crippen molar-refractivity contribution < 1.29 is 0 Å². The van der Waals surface area contributed by atoms with E-state index in [0.717, 1.165) is 24.2 Å². The van der Waals surface area contributed by atoms with Gasteiger partial charge >= 0.3 is 0 Å². The zero-order valence-corrected chi connectivity index (χ0v) is 14.6. The van der Waals surface area contributed by atoms with Crippen LogP contribution in [0.15, 0.2) is 29.5 Å². The number of aliphatic imine (C=N–C) groups is 1. The van der Waals surface area contributed by atoms with Crippen molar-refractivity contribution >= 4 is 16.7 Å². The van der Waals surface area contributed by atoms with Crippen LogP contribution < -0.4 is 0 Å². The van der Waals surface area contributed by atoms with Gasteiger partial charge in [0.1, 0.15) is 0 Å². The van der Waals surface area contributed by atoms with Gasteiger partial charge in [-0.2, -0.15) is 0 Å². The molecule has 120 valence electrons. The molecule has 22 heavy (non-hydrogen) atoms. The number of benzene rings is 1. The molecule has 1 aromatic heterocycles. The van der Waals surface area contributed by atoms with Gasteiger partial charge in [0.2, 0.25) is 0 Å². The van der Waals surface area contributed by atoms with Crippen LogP contribution in [0.1, 0.15) is 59.4 Å². The number of nitrogens with zero attached hydrogens (tertiary/aromatic N) is 3. The van der Waals surface area contributed by atoms with Crippen molar-refractivity contribution in [1.82, 2.24) is 9.55 Å². The Balaban J connectivity index is 2.20. The fraction of sp³-hybridized carbons (Fsp3) is 0.579. The van der Waals surface area contributed by atoms with Crippen LogP contribution in [0.25, 0.3) is 11.0 Å². The molecule has 3 heteroatoms. The number of fused-ring (bicyclic) bond motifs is 1. The van der Waals surface area contributed by atoms with Crippen molar-refractivity contribution in [2.24, 2.45) is 10.9 Å². The Hall–Kier alpha value is -1.64. The number of aromatic nitrogens is 2. The highest BCUT2D eigenvalue weighted by molar-refractivity contribution is 6.01. The zero-order chi connectivity index (χ0) is 16.1. The summed E-state index contributed by atoms with van der Waals surface area (Å²) in [5.41, 5.74) is 4.59. The summed E-state index contributed by atoms with van der Waals surface area (Å²) in [6.45, 7) is 12.1. The molecule has 0 aliphatic heterocycles. The normalized spacial score (nSPS) is 14.0. The average Bonchev–Trinajstić information content (AvgIpc) is 2.86. The molecule has 0 amide bonds. The van der Waals surface area contributed by atoms with E-state index in [0.29, 0.717) is 12.0 Å². The molecule has 0 saturated heterocycles. The van der Waals surface area contributed by atoms with E-state index in [-0.39, 0.29) is 0 Å². The van der Waals surface area contributed by atoms with Crippen LogP contribution in [0, 0.1) is 5.92 Å². The van der Waals surface area contributed by atoms with E-state index in [1.165, 1.54) is 23.9 Å². The second kappa shape index (κ2) is 7.57. The minimum Gasteiger partial charge on any atom is -0.331 e. The van der Waals surface area contributed by atoms with Crippen LogP contribution in [-0.4, -0.2) is 21.3 Å². The maximum atomic E-state index is 4.83. The predicted octanol–water partition coefficient (Wildman–Crippen LogP) is 5.08. The van der Waals surface area contributed by atoms with Crippen LogP contribution in [-0.2, 0) is 6.54 Å². The highest BCUT2D eigenvalue weighted by atomic mass is 15.0. The summed E-state index contributed by atoms with van der Waals surface area (Å²) in [5, 5.41) is 0. The molecule has 0 bridgehead atoms. The Morgan fingerprint density at radius 1 is 1.27 bits per heavy atom. The molecule has 3 nitrogen and oxygen atoms in total. The summed E-state index contributed by atoms with van der Waals surface area (Å²) in [7, 11) is 0. The largest absolute Gasteiger partial charge is 0.331 e. The average molecular weight is 299 g/mol. The van der Waals surface area contributed by atoms with Crippen molar-refractivity contribution in [2.45, 2.75) is 66.5 Å². The molecule has 1 heterocycles. The standard InChI is InChI=1S/C19H29N3/c1-6-7-10-22-13-20-18-12-17(8-9-19(18)22)16(5)21-15(4)11-14(2)3/h8-9,12-15H,6-7,10-11H2,1-5H3. The van der Waals surface area contributed by atoms with Crippen LogP contribution in [0.3, 0.4) is 0 Å². The van der Waals surface area contributed by atoms with Crippen LogP contribution in [0.5, 0.6) is 0 Å². The second-order valence-electron chi connectivity index (χ2n) is 6.69. The van der Waals surface area contributed by atoms with Crippen molar-refractivity contribution in [3.8, 4) is 0 Å². The van der Waals surface area contributed by atoms with Gasteiger partial charge in [-0.1, -0.05) is 33.3 Å². The number of aryl methyl sites for hydroxylation is 1. The van der Waals surface area contributed by atoms with E-state index in [1.807, 2.05) is 6.33 Å². The molecule has 0 spiro atoms. The van der Waals surface area contributed by atoms with E-state index in [4.69, 9.17) is 4.99 Å². The summed E-state index contributed by atoms with van der Waals surface area (Å²) in [6.07, 6.45) is 5.49. The number of rotatable bonds is 7. The molecule has 2 rings (SSSR count). The maximum Gasteiger partial charge on any atom is 0.0958 e. The zero-order valence-electron chi connectivity index (χ0n) is 14.6. The minimum absolute atomic E-state index is 0.373. The van der Waals surface area contributed by atoms with Gasteiger partial charge in [-0.3, -0.25) is 4.99 Å². The van der Waals surface area contributed by atoms with Crippen molar-refractivity contribution in [1.29, 1.82) is 0 Å². The summed E-state index contributed by atoms with van der Waals surface area (Å²) < 4.78 is 2.25. The Morgan fingerprint density at radius 3 is 2.73 bits per heavy atom. The molecular formula is C19H29N3. The Morgan fingerprint density at radius 2 is 2.05 bits per heavy atom. The fourth-order valence-corrected chi connectivity index (χ4v) is 2.94. The highest BCUT2D eigenvalue weighted by Gasteiger charge is 2.07. The summed E-state index contributed by atoms with van der Waals surface area (Å²) in [4.78, 5) is 9.38. The topological polar surface area (TPSA) is 30.2 Å². The quantitative estimate of drug-likeness (QED) is 0.656. The van der Waals surface area contributed by atoms with Gasteiger partial charge in [0.05, 0.1) is 17.4 Å². The maximum absolute atomic E-state index is 4.83. The van der Waals surface area contributed by atoms with Gasteiger partial charge in [0.15, 0.2) is 0 Å². The first-order valence-electron chi connectivity index (χ1n) is 8.51. The fourth-order valence-electron chi connectivity index (χ4n) is 2.94. The van der Waals surface area contributed by atoms with E-state index in [9.17, 15) is 0 Å². The lowest BCUT2D eigenvalue weighted by atomic mass is 10.0. The molecule has 1 atom stereocenters. The number of hydrogen-bond acceptors (Lipinski definition) is 2. The van der Waals surface area contributed by atoms with Gasteiger partial charge in [-0.05, 0) is 50.3 Å². The van der Waals surface area contributed by atoms with Gasteiger partial charge < -0.3 is 4.57 Å². The third-order valence-corrected chi connectivity index (χ3v) is 4.02. The van der Waals surface area contributed by atoms with E-state index in [1.54, 1.807) is 0 Å². The first-order chi connectivity index (χ1) is 10.5. The van der Waals surface area contributed by atoms with Crippen molar-refractivity contribution in [3.63, 3.8) is 0 Å². The molecule has 0 radical (unpaired) electrons. The van der Waals surface area contributed by atoms with E-state index < -0.39 is 0 Å². The van der Waals surface area contributed by atoms with Crippen molar-refractivity contribution in [3.05, 3.63) is 30.1 Å². The first kappa shape index (κ1) is 16.7. The minimum atomic E-state index is 0.373. The smallest absolute Gasteiger partial charge is 0.0958 e. The molecule has 0 fully saturated rings. The SMILES string of the molecule is CCCCn1cnc2cc(C(C)=NC(C)CC(C)C)ccc21. The van der Waals surface area contributed by atoms with Crippen LogP contribution in [0.4, 0.5) is 0 Å². The number of hydrogen-bond donors (Lipinski definition) is 0. The Kier molecular flexibility index (Phi) is 5.76. The molecule has 1 unspecified atom stereocenters. The third kappa shape index (κ3) is 4.19. The van der Waals surface area contributed by atoms with E-state index >= 15 is 0 Å². The molecular weight excluding hydrogens is 270 g/mol. The summed E-state index contributed by atoms with van der Waals surface area (Å²) >= 11 is 0. The van der Waals surface area contributed by atoms with Gasteiger partial charge in [0.25, 0.3) is 0 Å². The number of unbranched alkanes of at least 4 members (excludes halogenated alkanes) is 1. The monoisotopic (exact) mass is 299 g/mol. The lowest BCUT2D eigenvalue weighted by Crippen LogP contribution is -2.07. The molecule has 0 N–H and O–H groups in total. The number of imidazole rings is 1. The lowest BCUT2D eigenvalue weighted by Gasteiger charge is -2.11.